The molecule has 0 unspecified atom stereocenters. The second-order valence-electron chi connectivity index (χ2n) is 4.41. The smallest absolute Gasteiger partial charge is 0.253 e. The summed E-state index contributed by atoms with van der Waals surface area (Å²) >= 11 is 0. The van der Waals surface area contributed by atoms with Crippen molar-refractivity contribution < 1.29 is 4.79 Å². The fraction of sp³-hybridized carbons (Fsp3) is 0.417. The second-order valence-corrected chi connectivity index (χ2v) is 4.41. The van der Waals surface area contributed by atoms with E-state index >= 15 is 0 Å². The van der Waals surface area contributed by atoms with Crippen LogP contribution in [0.3, 0.4) is 0 Å². The molecule has 2 aromatic rings. The van der Waals surface area contributed by atoms with Crippen LogP contribution in [0.25, 0.3) is 11.0 Å². The van der Waals surface area contributed by atoms with E-state index in [1.807, 2.05) is 27.0 Å². The van der Waals surface area contributed by atoms with Crippen LogP contribution in [-0.2, 0) is 7.05 Å². The van der Waals surface area contributed by atoms with Gasteiger partial charge in [0, 0.05) is 31.2 Å². The van der Waals surface area contributed by atoms with Crippen molar-refractivity contribution in [2.45, 2.75) is 19.9 Å². The third-order valence-electron chi connectivity index (χ3n) is 2.86. The van der Waals surface area contributed by atoms with Gasteiger partial charge in [0.05, 0.1) is 11.3 Å². The van der Waals surface area contributed by atoms with Gasteiger partial charge in [0.1, 0.15) is 0 Å². The Morgan fingerprint density at radius 2 is 2.33 bits per heavy atom. The predicted octanol–water partition coefficient (Wildman–Crippen LogP) is 0.354. The molecule has 0 aliphatic rings. The van der Waals surface area contributed by atoms with Crippen LogP contribution >= 0.6 is 0 Å². The molecule has 0 aliphatic carbocycles. The van der Waals surface area contributed by atoms with E-state index in [-0.39, 0.29) is 11.9 Å². The molecule has 0 fully saturated rings. The maximum Gasteiger partial charge on any atom is 0.253 e. The molecular formula is C12H17N5O. The van der Waals surface area contributed by atoms with Gasteiger partial charge in [-0.05, 0) is 19.9 Å². The number of nitrogens with zero attached hydrogens (tertiary/aromatic N) is 3. The summed E-state index contributed by atoms with van der Waals surface area (Å²) in [6.45, 7) is 4.17. The fourth-order valence-electron chi connectivity index (χ4n) is 1.80. The van der Waals surface area contributed by atoms with Gasteiger partial charge < -0.3 is 11.1 Å². The molecule has 2 rings (SSSR count). The Morgan fingerprint density at radius 1 is 1.61 bits per heavy atom. The summed E-state index contributed by atoms with van der Waals surface area (Å²) in [7, 11) is 1.83. The lowest BCUT2D eigenvalue weighted by atomic mass is 10.2. The third kappa shape index (κ3) is 2.19. The van der Waals surface area contributed by atoms with E-state index in [0.717, 1.165) is 16.7 Å². The molecule has 1 atom stereocenters. The minimum atomic E-state index is -0.161. The number of aromatic nitrogens is 3. The van der Waals surface area contributed by atoms with E-state index in [1.165, 1.54) is 0 Å². The van der Waals surface area contributed by atoms with Crippen LogP contribution in [0.15, 0.2) is 12.3 Å². The van der Waals surface area contributed by atoms with Crippen molar-refractivity contribution in [3.8, 4) is 0 Å². The summed E-state index contributed by atoms with van der Waals surface area (Å²) < 4.78 is 1.70. The van der Waals surface area contributed by atoms with Gasteiger partial charge in [-0.15, -0.1) is 0 Å². The summed E-state index contributed by atoms with van der Waals surface area (Å²) in [5, 5.41) is 7.97. The highest BCUT2D eigenvalue weighted by Gasteiger charge is 2.12. The molecular weight excluding hydrogens is 230 g/mol. The van der Waals surface area contributed by atoms with Gasteiger partial charge in [0.2, 0.25) is 0 Å². The maximum absolute atomic E-state index is 11.9. The lowest BCUT2D eigenvalue weighted by molar-refractivity contribution is 0.0941. The fourth-order valence-corrected chi connectivity index (χ4v) is 1.80. The molecule has 18 heavy (non-hydrogen) atoms. The van der Waals surface area contributed by atoms with Crippen molar-refractivity contribution in [1.82, 2.24) is 20.1 Å². The second kappa shape index (κ2) is 4.73. The largest absolute Gasteiger partial charge is 0.348 e. The number of amides is 1. The van der Waals surface area contributed by atoms with Crippen molar-refractivity contribution in [3.63, 3.8) is 0 Å². The number of carbonyl (C=O) groups is 1. The Kier molecular flexibility index (Phi) is 3.29. The van der Waals surface area contributed by atoms with E-state index in [2.05, 4.69) is 15.4 Å². The molecule has 3 N–H and O–H groups in total. The van der Waals surface area contributed by atoms with Crippen molar-refractivity contribution in [2.75, 3.05) is 6.54 Å². The van der Waals surface area contributed by atoms with Gasteiger partial charge in [-0.3, -0.25) is 9.48 Å². The van der Waals surface area contributed by atoms with Crippen LogP contribution in [0, 0.1) is 6.92 Å². The number of rotatable bonds is 3. The SMILES string of the molecule is Cc1nn(C)c2ncc(C(=O)N[C@@H](C)CN)cc12. The third-order valence-corrected chi connectivity index (χ3v) is 2.86. The van der Waals surface area contributed by atoms with Crippen LogP contribution in [0.5, 0.6) is 0 Å². The molecule has 6 heteroatoms. The van der Waals surface area contributed by atoms with Crippen LogP contribution in [0.4, 0.5) is 0 Å². The number of hydrogen-bond acceptors (Lipinski definition) is 4. The summed E-state index contributed by atoms with van der Waals surface area (Å²) in [6, 6.07) is 1.76. The molecule has 0 saturated carbocycles. The summed E-state index contributed by atoms with van der Waals surface area (Å²) in [5.74, 6) is -0.161. The molecule has 6 nitrogen and oxygen atoms in total. The number of nitrogens with one attached hydrogen (secondary N) is 1. The van der Waals surface area contributed by atoms with E-state index in [9.17, 15) is 4.79 Å². The van der Waals surface area contributed by atoms with E-state index in [1.54, 1.807) is 10.9 Å². The van der Waals surface area contributed by atoms with E-state index < -0.39 is 0 Å². The molecule has 2 aromatic heterocycles. The quantitative estimate of drug-likeness (QED) is 0.819. The summed E-state index contributed by atoms with van der Waals surface area (Å²) in [6.07, 6.45) is 1.56. The first kappa shape index (κ1) is 12.5. The molecule has 0 radical (unpaired) electrons. The minimum Gasteiger partial charge on any atom is -0.348 e. The zero-order valence-corrected chi connectivity index (χ0v) is 10.8. The number of aryl methyl sites for hydroxylation is 2. The average molecular weight is 247 g/mol. The summed E-state index contributed by atoms with van der Waals surface area (Å²) in [5.41, 5.74) is 7.64. The predicted molar refractivity (Wildman–Crippen MR) is 69.2 cm³/mol. The van der Waals surface area contributed by atoms with Gasteiger partial charge in [-0.1, -0.05) is 0 Å². The topological polar surface area (TPSA) is 85.8 Å². The Morgan fingerprint density at radius 3 is 3.00 bits per heavy atom. The van der Waals surface area contributed by atoms with Crippen LogP contribution in [0.2, 0.25) is 0 Å². The first-order valence-electron chi connectivity index (χ1n) is 5.83. The molecule has 96 valence electrons. The zero-order chi connectivity index (χ0) is 13.3. The van der Waals surface area contributed by atoms with E-state index in [4.69, 9.17) is 5.73 Å². The molecule has 1 amide bonds. The number of carbonyl (C=O) groups excluding carboxylic acids is 1. The highest BCUT2D eigenvalue weighted by Crippen LogP contribution is 2.16. The first-order chi connectivity index (χ1) is 8.52. The van der Waals surface area contributed by atoms with Gasteiger partial charge in [-0.2, -0.15) is 5.10 Å². The number of pyridine rings is 1. The highest BCUT2D eigenvalue weighted by atomic mass is 16.1. The molecule has 0 saturated heterocycles. The number of nitrogens with two attached hydrogens (primary N) is 1. The molecule has 2 heterocycles. The lowest BCUT2D eigenvalue weighted by Crippen LogP contribution is -2.37. The van der Waals surface area contributed by atoms with Gasteiger partial charge in [-0.25, -0.2) is 4.98 Å². The lowest BCUT2D eigenvalue weighted by Gasteiger charge is -2.10. The number of hydrogen-bond donors (Lipinski definition) is 2. The monoisotopic (exact) mass is 247 g/mol. The Labute approximate surface area is 105 Å². The zero-order valence-electron chi connectivity index (χ0n) is 10.8. The van der Waals surface area contributed by atoms with Gasteiger partial charge >= 0.3 is 0 Å². The van der Waals surface area contributed by atoms with Crippen molar-refractivity contribution in [2.24, 2.45) is 12.8 Å². The van der Waals surface area contributed by atoms with Crippen LogP contribution < -0.4 is 11.1 Å². The van der Waals surface area contributed by atoms with Crippen molar-refractivity contribution in [1.29, 1.82) is 0 Å². The highest BCUT2D eigenvalue weighted by molar-refractivity contribution is 5.97. The van der Waals surface area contributed by atoms with E-state index in [0.29, 0.717) is 12.1 Å². The van der Waals surface area contributed by atoms with Crippen molar-refractivity contribution >= 4 is 16.9 Å². The summed E-state index contributed by atoms with van der Waals surface area (Å²) in [4.78, 5) is 16.2. The molecule has 0 aromatic carbocycles. The Hall–Kier alpha value is -1.95. The van der Waals surface area contributed by atoms with Crippen LogP contribution in [0.1, 0.15) is 23.0 Å². The van der Waals surface area contributed by atoms with Gasteiger partial charge in [0.25, 0.3) is 5.91 Å². The first-order valence-corrected chi connectivity index (χ1v) is 5.83. The maximum atomic E-state index is 11.9. The molecule has 0 spiro atoms. The standard InChI is InChI=1S/C12H17N5O/c1-7(5-13)15-12(18)9-4-10-8(2)16-17(3)11(10)14-6-9/h4,6-7H,5,13H2,1-3H3,(H,15,18)/t7-/m0/s1. The normalized spacial score (nSPS) is 12.7. The number of fused-ring (bicyclic) bond motifs is 1. The van der Waals surface area contributed by atoms with Crippen LogP contribution in [-0.4, -0.2) is 33.3 Å². The molecule has 0 aliphatic heterocycles. The molecule has 0 bridgehead atoms. The minimum absolute atomic E-state index is 0.0526. The Balaban J connectivity index is 2.35. The van der Waals surface area contributed by atoms with Crippen molar-refractivity contribution in [3.05, 3.63) is 23.5 Å². The Bertz CT molecular complexity index is 589. The average Bonchev–Trinajstić information content (AvgIpc) is 2.64. The van der Waals surface area contributed by atoms with Gasteiger partial charge in [0.15, 0.2) is 5.65 Å².